The first-order valence-electron chi connectivity index (χ1n) is 6.43. The molecule has 0 unspecified atom stereocenters. The van der Waals surface area contributed by atoms with Crippen LogP contribution >= 0.6 is 0 Å². The summed E-state index contributed by atoms with van der Waals surface area (Å²) >= 11 is 0. The highest BCUT2D eigenvalue weighted by atomic mass is 19.3. The number of benzene rings is 1. The molecule has 6 heteroatoms. The summed E-state index contributed by atoms with van der Waals surface area (Å²) in [5.41, 5.74) is 1.55. The van der Waals surface area contributed by atoms with Crippen LogP contribution in [0.1, 0.15) is 12.0 Å². The van der Waals surface area contributed by atoms with Crippen LogP contribution in [0.15, 0.2) is 47.7 Å². The van der Waals surface area contributed by atoms with E-state index in [9.17, 15) is 13.2 Å². The number of halogens is 3. The van der Waals surface area contributed by atoms with Gasteiger partial charge in [-0.3, -0.25) is 9.67 Å². The molecule has 0 aliphatic carbocycles. The van der Waals surface area contributed by atoms with Crippen LogP contribution in [-0.4, -0.2) is 22.0 Å². The molecule has 1 aromatic heterocycles. The van der Waals surface area contributed by atoms with Crippen LogP contribution in [0.5, 0.6) is 0 Å². The van der Waals surface area contributed by atoms with Gasteiger partial charge in [0.15, 0.2) is 0 Å². The van der Waals surface area contributed by atoms with Gasteiger partial charge in [0.25, 0.3) is 6.43 Å². The highest BCUT2D eigenvalue weighted by Crippen LogP contribution is 2.27. The summed E-state index contributed by atoms with van der Waals surface area (Å²) in [6.07, 6.45) is 4.38. The van der Waals surface area contributed by atoms with Gasteiger partial charge in [-0.25, -0.2) is 13.2 Å². The maximum atomic E-state index is 13.4. The van der Waals surface area contributed by atoms with Crippen LogP contribution in [0.25, 0.3) is 11.1 Å². The fraction of sp³-hybridized carbons (Fsp3) is 0.200. The minimum absolute atomic E-state index is 0.333. The standard InChI is InChI=1S/C15H12F3N3/c16-13-5-10(4-11(6-13)15(17)18)12-7-20-21(8-12)9-14-2-1-3-19-14/h1-2,4-8,15H,3,9H2. The van der Waals surface area contributed by atoms with Crippen molar-refractivity contribution in [1.82, 2.24) is 9.78 Å². The van der Waals surface area contributed by atoms with E-state index in [0.717, 1.165) is 11.8 Å². The molecular weight excluding hydrogens is 279 g/mol. The Balaban J connectivity index is 1.87. The zero-order valence-electron chi connectivity index (χ0n) is 11.0. The van der Waals surface area contributed by atoms with Gasteiger partial charge in [0.05, 0.1) is 25.0 Å². The number of alkyl halides is 2. The Hall–Kier alpha value is -2.37. The number of aromatic nitrogens is 2. The summed E-state index contributed by atoms with van der Waals surface area (Å²) in [4.78, 5) is 4.25. The van der Waals surface area contributed by atoms with Crippen LogP contribution in [-0.2, 0) is 6.54 Å². The summed E-state index contributed by atoms with van der Waals surface area (Å²) in [7, 11) is 0. The van der Waals surface area contributed by atoms with Gasteiger partial charge in [0.1, 0.15) is 5.82 Å². The fourth-order valence-corrected chi connectivity index (χ4v) is 2.18. The molecule has 3 rings (SSSR count). The minimum atomic E-state index is -2.70. The lowest BCUT2D eigenvalue weighted by atomic mass is 10.1. The average Bonchev–Trinajstić information content (AvgIpc) is 3.10. The maximum absolute atomic E-state index is 13.4. The average molecular weight is 291 g/mol. The van der Waals surface area contributed by atoms with Gasteiger partial charge in [-0.15, -0.1) is 0 Å². The van der Waals surface area contributed by atoms with Crippen LogP contribution in [0.2, 0.25) is 0 Å². The highest BCUT2D eigenvalue weighted by Gasteiger charge is 2.12. The van der Waals surface area contributed by atoms with Crippen molar-refractivity contribution in [3.05, 3.63) is 54.1 Å². The summed E-state index contributed by atoms with van der Waals surface area (Å²) in [6.45, 7) is 1.18. The number of rotatable bonds is 4. The number of aliphatic imine (C=N–C) groups is 1. The second kappa shape index (κ2) is 5.55. The fourth-order valence-electron chi connectivity index (χ4n) is 2.18. The van der Waals surface area contributed by atoms with Crippen molar-refractivity contribution >= 4 is 5.71 Å². The van der Waals surface area contributed by atoms with E-state index in [1.54, 1.807) is 10.9 Å². The molecule has 3 nitrogen and oxygen atoms in total. The maximum Gasteiger partial charge on any atom is 0.263 e. The topological polar surface area (TPSA) is 30.2 Å². The van der Waals surface area contributed by atoms with E-state index < -0.39 is 12.2 Å². The second-order valence-corrected chi connectivity index (χ2v) is 4.73. The molecule has 0 bridgehead atoms. The zero-order chi connectivity index (χ0) is 14.8. The Morgan fingerprint density at radius 1 is 1.19 bits per heavy atom. The molecule has 1 aromatic carbocycles. The molecule has 0 amide bonds. The summed E-state index contributed by atoms with van der Waals surface area (Å²) in [5.74, 6) is -0.682. The lowest BCUT2D eigenvalue weighted by Gasteiger charge is -2.04. The lowest BCUT2D eigenvalue weighted by molar-refractivity contribution is 0.151. The van der Waals surface area contributed by atoms with E-state index in [0.29, 0.717) is 24.2 Å². The normalized spacial score (nSPS) is 14.0. The molecule has 0 fully saturated rings. The van der Waals surface area contributed by atoms with Gasteiger partial charge in [0.2, 0.25) is 0 Å². The molecular formula is C15H12F3N3. The SMILES string of the molecule is Fc1cc(-c2cnn(CC3=NCC=C3)c2)cc(C(F)F)c1. The van der Waals surface area contributed by atoms with Gasteiger partial charge in [-0.1, -0.05) is 6.08 Å². The van der Waals surface area contributed by atoms with Crippen LogP contribution in [0.3, 0.4) is 0 Å². The Labute approximate surface area is 119 Å². The highest BCUT2D eigenvalue weighted by molar-refractivity contribution is 5.96. The number of hydrogen-bond donors (Lipinski definition) is 0. The second-order valence-electron chi connectivity index (χ2n) is 4.73. The molecule has 0 radical (unpaired) electrons. The van der Waals surface area contributed by atoms with Gasteiger partial charge in [-0.2, -0.15) is 5.10 Å². The largest absolute Gasteiger partial charge is 0.284 e. The third-order valence-corrected chi connectivity index (χ3v) is 3.17. The molecule has 1 aliphatic heterocycles. The van der Waals surface area contributed by atoms with Crippen molar-refractivity contribution in [1.29, 1.82) is 0 Å². The molecule has 21 heavy (non-hydrogen) atoms. The van der Waals surface area contributed by atoms with Crippen LogP contribution in [0, 0.1) is 5.82 Å². The van der Waals surface area contributed by atoms with Crippen molar-refractivity contribution in [3.63, 3.8) is 0 Å². The van der Waals surface area contributed by atoms with Gasteiger partial charge < -0.3 is 0 Å². The first-order valence-corrected chi connectivity index (χ1v) is 6.43. The molecule has 1 aliphatic rings. The number of allylic oxidation sites excluding steroid dienone is 1. The first-order chi connectivity index (χ1) is 10.1. The third-order valence-electron chi connectivity index (χ3n) is 3.17. The monoisotopic (exact) mass is 291 g/mol. The Morgan fingerprint density at radius 2 is 2.05 bits per heavy atom. The van der Waals surface area contributed by atoms with Crippen molar-refractivity contribution in [2.45, 2.75) is 13.0 Å². The molecule has 108 valence electrons. The van der Waals surface area contributed by atoms with E-state index in [4.69, 9.17) is 0 Å². The van der Waals surface area contributed by atoms with Crippen molar-refractivity contribution < 1.29 is 13.2 Å². The smallest absolute Gasteiger partial charge is 0.263 e. The molecule has 0 spiro atoms. The van der Waals surface area contributed by atoms with Crippen LogP contribution < -0.4 is 0 Å². The Bertz CT molecular complexity index is 717. The summed E-state index contributed by atoms with van der Waals surface area (Å²) < 4.78 is 40.5. The molecule has 0 atom stereocenters. The van der Waals surface area contributed by atoms with Gasteiger partial charge in [-0.05, 0) is 29.8 Å². The molecule has 2 aromatic rings. The molecule has 0 N–H and O–H groups in total. The summed E-state index contributed by atoms with van der Waals surface area (Å²) in [5, 5.41) is 4.15. The molecule has 0 saturated carbocycles. The van der Waals surface area contributed by atoms with E-state index >= 15 is 0 Å². The van der Waals surface area contributed by atoms with Crippen molar-refractivity contribution in [2.24, 2.45) is 4.99 Å². The third kappa shape index (κ3) is 3.04. The Morgan fingerprint density at radius 3 is 2.76 bits per heavy atom. The van der Waals surface area contributed by atoms with E-state index in [2.05, 4.69) is 10.1 Å². The number of nitrogens with zero attached hydrogens (tertiary/aromatic N) is 3. The van der Waals surface area contributed by atoms with E-state index in [1.165, 1.54) is 18.3 Å². The van der Waals surface area contributed by atoms with Gasteiger partial charge >= 0.3 is 0 Å². The van der Waals surface area contributed by atoms with Crippen molar-refractivity contribution in [3.8, 4) is 11.1 Å². The number of hydrogen-bond acceptors (Lipinski definition) is 2. The predicted molar refractivity (Wildman–Crippen MR) is 74.0 cm³/mol. The Kier molecular flexibility index (Phi) is 3.60. The zero-order valence-corrected chi connectivity index (χ0v) is 11.0. The molecule has 2 heterocycles. The van der Waals surface area contributed by atoms with E-state index in [-0.39, 0.29) is 5.56 Å². The molecule has 0 saturated heterocycles. The predicted octanol–water partition coefficient (Wildman–Crippen LogP) is 3.64. The van der Waals surface area contributed by atoms with Crippen molar-refractivity contribution in [2.75, 3.05) is 6.54 Å². The quantitative estimate of drug-likeness (QED) is 0.846. The lowest BCUT2D eigenvalue weighted by Crippen LogP contribution is -2.06. The minimum Gasteiger partial charge on any atom is -0.284 e. The van der Waals surface area contributed by atoms with Gasteiger partial charge in [0, 0.05) is 17.3 Å². The first kappa shape index (κ1) is 13.6. The van der Waals surface area contributed by atoms with Crippen LogP contribution in [0.4, 0.5) is 13.2 Å². The van der Waals surface area contributed by atoms with E-state index in [1.807, 2.05) is 12.2 Å². The summed E-state index contributed by atoms with van der Waals surface area (Å²) in [6, 6.07) is 3.35.